The van der Waals surface area contributed by atoms with Gasteiger partial charge in [0.1, 0.15) is 5.82 Å². The summed E-state index contributed by atoms with van der Waals surface area (Å²) in [5.41, 5.74) is 3.26. The van der Waals surface area contributed by atoms with Crippen LogP contribution in [0.5, 0.6) is 0 Å². The maximum atomic E-state index is 13.1. The highest BCUT2D eigenvalue weighted by atomic mass is 19.1. The topological polar surface area (TPSA) is 93.0 Å². The third-order valence-electron chi connectivity index (χ3n) is 6.31. The maximum Gasteiger partial charge on any atom is 0.259 e. The Hall–Kier alpha value is -4.14. The Morgan fingerprint density at radius 1 is 1.11 bits per heavy atom. The van der Waals surface area contributed by atoms with Crippen LogP contribution in [0.15, 0.2) is 61.1 Å². The van der Waals surface area contributed by atoms with Crippen molar-refractivity contribution in [1.82, 2.24) is 24.4 Å². The Labute approximate surface area is 201 Å². The van der Waals surface area contributed by atoms with Crippen LogP contribution in [-0.2, 0) is 11.3 Å². The molecule has 1 saturated heterocycles. The van der Waals surface area contributed by atoms with E-state index in [9.17, 15) is 14.0 Å². The number of likely N-dealkylation sites (tertiary alicyclic amines) is 1. The number of benzene rings is 2. The van der Waals surface area contributed by atoms with Gasteiger partial charge >= 0.3 is 0 Å². The van der Waals surface area contributed by atoms with Gasteiger partial charge in [0, 0.05) is 31.4 Å². The highest BCUT2D eigenvalue weighted by molar-refractivity contribution is 6.04. The van der Waals surface area contributed by atoms with Gasteiger partial charge < -0.3 is 14.8 Å². The zero-order valence-corrected chi connectivity index (χ0v) is 19.3. The fraction of sp³-hybridized carbons (Fsp3) is 0.269. The van der Waals surface area contributed by atoms with Crippen molar-refractivity contribution in [3.8, 4) is 0 Å². The molecule has 0 spiro atoms. The standard InChI is InChI=1S/C26H25FN6O2/c1-17-20(26(35)31-19-10-8-18(27)9-11-19)15-28-25(30-17)23-7-4-13-33(23)24(34)12-14-32-16-29-21-5-2-3-6-22(21)32/h2-3,5-6,8-11,15-16,23H,4,7,12-14H2,1H3,(H,31,35). The Morgan fingerprint density at radius 3 is 2.71 bits per heavy atom. The third kappa shape index (κ3) is 4.75. The third-order valence-corrected chi connectivity index (χ3v) is 6.31. The molecule has 9 heteroatoms. The number of hydrogen-bond donors (Lipinski definition) is 1. The summed E-state index contributed by atoms with van der Waals surface area (Å²) in [7, 11) is 0. The Kier molecular flexibility index (Phi) is 6.22. The SMILES string of the molecule is Cc1nc(C2CCCN2C(=O)CCn2cnc3ccccc32)ncc1C(=O)Nc1ccc(F)cc1. The molecular formula is C26H25FN6O2. The van der Waals surface area contributed by atoms with Gasteiger partial charge in [0.15, 0.2) is 5.82 Å². The van der Waals surface area contributed by atoms with Gasteiger partial charge in [-0.1, -0.05) is 12.1 Å². The monoisotopic (exact) mass is 472 g/mol. The predicted molar refractivity (Wildman–Crippen MR) is 129 cm³/mol. The van der Waals surface area contributed by atoms with E-state index in [1.165, 1.54) is 30.5 Å². The largest absolute Gasteiger partial charge is 0.332 e. The molecule has 2 amide bonds. The van der Waals surface area contributed by atoms with Gasteiger partial charge in [0.05, 0.1) is 34.7 Å². The molecular weight excluding hydrogens is 447 g/mol. The van der Waals surface area contributed by atoms with E-state index in [4.69, 9.17) is 0 Å². The number of nitrogens with one attached hydrogen (secondary N) is 1. The number of aryl methyl sites for hydroxylation is 2. The van der Waals surface area contributed by atoms with Crippen LogP contribution < -0.4 is 5.32 Å². The first-order chi connectivity index (χ1) is 17.0. The van der Waals surface area contributed by atoms with Crippen molar-refractivity contribution in [2.24, 2.45) is 0 Å². The number of amides is 2. The molecule has 8 nitrogen and oxygen atoms in total. The van der Waals surface area contributed by atoms with Crippen LogP contribution in [0.1, 0.15) is 47.2 Å². The molecule has 2 aromatic carbocycles. The number of para-hydroxylation sites is 2. The second kappa shape index (κ2) is 9.61. The van der Waals surface area contributed by atoms with Crippen molar-refractivity contribution >= 4 is 28.5 Å². The van der Waals surface area contributed by atoms with Crippen LogP contribution >= 0.6 is 0 Å². The number of anilines is 1. The normalized spacial score (nSPS) is 15.5. The van der Waals surface area contributed by atoms with Crippen molar-refractivity contribution in [2.45, 2.75) is 38.8 Å². The first-order valence-electron chi connectivity index (χ1n) is 11.6. The van der Waals surface area contributed by atoms with Crippen molar-refractivity contribution in [1.29, 1.82) is 0 Å². The van der Waals surface area contributed by atoms with Crippen molar-refractivity contribution < 1.29 is 14.0 Å². The van der Waals surface area contributed by atoms with Crippen LogP contribution in [-0.4, -0.2) is 42.8 Å². The molecule has 2 aromatic heterocycles. The first-order valence-corrected chi connectivity index (χ1v) is 11.6. The lowest BCUT2D eigenvalue weighted by Crippen LogP contribution is -2.32. The Balaban J connectivity index is 1.26. The molecule has 3 heterocycles. The number of rotatable bonds is 6. The van der Waals surface area contributed by atoms with Crippen molar-refractivity contribution in [3.05, 3.63) is 84.0 Å². The van der Waals surface area contributed by atoms with E-state index in [0.717, 1.165) is 23.9 Å². The number of fused-ring (bicyclic) bond motifs is 1. The Morgan fingerprint density at radius 2 is 1.91 bits per heavy atom. The lowest BCUT2D eigenvalue weighted by Gasteiger charge is -2.24. The van der Waals surface area contributed by atoms with Crippen molar-refractivity contribution in [2.75, 3.05) is 11.9 Å². The van der Waals surface area contributed by atoms with E-state index in [-0.39, 0.29) is 23.7 Å². The predicted octanol–water partition coefficient (Wildman–Crippen LogP) is 4.28. The van der Waals surface area contributed by atoms with E-state index in [1.807, 2.05) is 33.7 Å². The zero-order chi connectivity index (χ0) is 24.4. The van der Waals surface area contributed by atoms with Gasteiger partial charge in [-0.05, 0) is 56.2 Å². The molecule has 35 heavy (non-hydrogen) atoms. The van der Waals surface area contributed by atoms with Gasteiger partial charge in [-0.15, -0.1) is 0 Å². The number of carbonyl (C=O) groups excluding carboxylic acids is 2. The fourth-order valence-electron chi connectivity index (χ4n) is 4.48. The van der Waals surface area contributed by atoms with Gasteiger partial charge in [-0.25, -0.2) is 19.3 Å². The molecule has 5 rings (SSSR count). The highest BCUT2D eigenvalue weighted by Gasteiger charge is 2.32. The zero-order valence-electron chi connectivity index (χ0n) is 19.3. The van der Waals surface area contributed by atoms with Crippen LogP contribution in [0.2, 0.25) is 0 Å². The minimum absolute atomic E-state index is 0.0460. The molecule has 1 fully saturated rings. The van der Waals surface area contributed by atoms with Crippen LogP contribution in [0.3, 0.4) is 0 Å². The molecule has 1 N–H and O–H groups in total. The quantitative estimate of drug-likeness (QED) is 0.452. The average Bonchev–Trinajstić information content (AvgIpc) is 3.51. The summed E-state index contributed by atoms with van der Waals surface area (Å²) < 4.78 is 15.1. The molecule has 178 valence electrons. The lowest BCUT2D eigenvalue weighted by atomic mass is 10.1. The Bertz CT molecular complexity index is 1380. The number of hydrogen-bond acceptors (Lipinski definition) is 5. The van der Waals surface area contributed by atoms with Crippen LogP contribution in [0, 0.1) is 12.7 Å². The molecule has 1 unspecified atom stereocenters. The number of halogens is 1. The molecule has 0 aliphatic carbocycles. The van der Waals surface area contributed by atoms with Gasteiger partial charge in [0.25, 0.3) is 5.91 Å². The molecule has 1 aliphatic rings. The molecule has 1 aliphatic heterocycles. The molecule has 0 bridgehead atoms. The minimum Gasteiger partial charge on any atom is -0.332 e. The molecule has 0 radical (unpaired) electrons. The van der Waals surface area contributed by atoms with Gasteiger partial charge in [-0.2, -0.15) is 0 Å². The number of nitrogens with zero attached hydrogens (tertiary/aromatic N) is 5. The summed E-state index contributed by atoms with van der Waals surface area (Å²) in [4.78, 5) is 41.0. The summed E-state index contributed by atoms with van der Waals surface area (Å²) in [6.07, 6.45) is 5.27. The summed E-state index contributed by atoms with van der Waals surface area (Å²) in [6, 6.07) is 13.2. The van der Waals surface area contributed by atoms with Gasteiger partial charge in [0.2, 0.25) is 5.91 Å². The maximum absolute atomic E-state index is 13.1. The van der Waals surface area contributed by atoms with Crippen LogP contribution in [0.25, 0.3) is 11.0 Å². The van der Waals surface area contributed by atoms with E-state index < -0.39 is 0 Å². The van der Waals surface area contributed by atoms with E-state index >= 15 is 0 Å². The first kappa shape index (κ1) is 22.6. The highest BCUT2D eigenvalue weighted by Crippen LogP contribution is 2.31. The summed E-state index contributed by atoms with van der Waals surface area (Å²) in [5.74, 6) is -0.155. The molecule has 0 saturated carbocycles. The summed E-state index contributed by atoms with van der Waals surface area (Å²) >= 11 is 0. The van der Waals surface area contributed by atoms with Crippen molar-refractivity contribution in [3.63, 3.8) is 0 Å². The smallest absolute Gasteiger partial charge is 0.259 e. The van der Waals surface area contributed by atoms with E-state index in [2.05, 4.69) is 20.3 Å². The second-order valence-corrected chi connectivity index (χ2v) is 8.61. The number of imidazole rings is 1. The van der Waals surface area contributed by atoms with E-state index in [1.54, 1.807) is 13.3 Å². The van der Waals surface area contributed by atoms with E-state index in [0.29, 0.717) is 42.3 Å². The number of aromatic nitrogens is 4. The summed E-state index contributed by atoms with van der Waals surface area (Å²) in [5, 5.41) is 2.73. The minimum atomic E-state index is -0.374. The number of carbonyl (C=O) groups is 2. The average molecular weight is 473 g/mol. The molecule has 1 atom stereocenters. The van der Waals surface area contributed by atoms with Crippen LogP contribution in [0.4, 0.5) is 10.1 Å². The molecule has 4 aromatic rings. The second-order valence-electron chi connectivity index (χ2n) is 8.61. The van der Waals surface area contributed by atoms with Gasteiger partial charge in [-0.3, -0.25) is 9.59 Å². The summed E-state index contributed by atoms with van der Waals surface area (Å²) in [6.45, 7) is 2.95. The lowest BCUT2D eigenvalue weighted by molar-refractivity contribution is -0.132. The fourth-order valence-corrected chi connectivity index (χ4v) is 4.48.